The molecule has 1 N–H and O–H groups in total. The molecule has 0 fully saturated rings. The fourth-order valence-corrected chi connectivity index (χ4v) is 2.19. The van der Waals surface area contributed by atoms with Crippen LogP contribution in [0.2, 0.25) is 0 Å². The predicted molar refractivity (Wildman–Crippen MR) is 70.8 cm³/mol. The third-order valence-electron chi connectivity index (χ3n) is 2.08. The second kappa shape index (κ2) is 12.3. The Morgan fingerprint density at radius 2 is 1.87 bits per heavy atom. The van der Waals surface area contributed by atoms with Crippen molar-refractivity contribution in [1.82, 2.24) is 5.32 Å². The summed E-state index contributed by atoms with van der Waals surface area (Å²) in [7, 11) is 1.77. The van der Waals surface area contributed by atoms with Crippen LogP contribution in [0.4, 0.5) is 0 Å². The van der Waals surface area contributed by atoms with Gasteiger partial charge in [0.15, 0.2) is 0 Å². The van der Waals surface area contributed by atoms with Gasteiger partial charge in [-0.15, -0.1) is 0 Å². The summed E-state index contributed by atoms with van der Waals surface area (Å²) >= 11 is 2.05. The van der Waals surface area contributed by atoms with E-state index >= 15 is 0 Å². The average Bonchev–Trinajstić information content (AvgIpc) is 2.20. The van der Waals surface area contributed by atoms with Crippen LogP contribution in [0.15, 0.2) is 0 Å². The fraction of sp³-hybridized carbons (Fsp3) is 1.00. The molecule has 0 aromatic carbocycles. The second-order valence-electron chi connectivity index (χ2n) is 4.26. The van der Waals surface area contributed by atoms with Crippen molar-refractivity contribution in [2.75, 3.05) is 38.3 Å². The summed E-state index contributed by atoms with van der Waals surface area (Å²) in [6.45, 7) is 7.73. The number of nitrogens with one attached hydrogen (secondary N) is 1. The number of unbranched alkanes of at least 4 members (excludes halogenated alkanes) is 1. The van der Waals surface area contributed by atoms with Gasteiger partial charge in [-0.1, -0.05) is 13.8 Å². The van der Waals surface area contributed by atoms with Gasteiger partial charge in [0.1, 0.15) is 0 Å². The number of rotatable bonds is 11. The first kappa shape index (κ1) is 15.3. The monoisotopic (exact) mass is 233 g/mol. The number of thioether (sulfide) groups is 1. The van der Waals surface area contributed by atoms with Crippen LogP contribution >= 0.6 is 11.8 Å². The lowest BCUT2D eigenvalue weighted by molar-refractivity contribution is 0.200. The van der Waals surface area contributed by atoms with Crippen LogP contribution in [-0.2, 0) is 4.74 Å². The fourth-order valence-electron chi connectivity index (χ4n) is 1.25. The van der Waals surface area contributed by atoms with Crippen molar-refractivity contribution in [1.29, 1.82) is 0 Å². The van der Waals surface area contributed by atoms with E-state index in [4.69, 9.17) is 4.74 Å². The minimum Gasteiger partial charge on any atom is -0.385 e. The smallest absolute Gasteiger partial charge is 0.0470 e. The van der Waals surface area contributed by atoms with E-state index < -0.39 is 0 Å². The van der Waals surface area contributed by atoms with E-state index in [1.165, 1.54) is 37.3 Å². The third kappa shape index (κ3) is 14.3. The van der Waals surface area contributed by atoms with Gasteiger partial charge in [-0.25, -0.2) is 0 Å². The van der Waals surface area contributed by atoms with Crippen LogP contribution in [0.25, 0.3) is 0 Å². The van der Waals surface area contributed by atoms with Crippen LogP contribution in [0.5, 0.6) is 0 Å². The van der Waals surface area contributed by atoms with Crippen LogP contribution < -0.4 is 5.32 Å². The molecular weight excluding hydrogens is 206 g/mol. The molecule has 0 saturated carbocycles. The highest BCUT2D eigenvalue weighted by Crippen LogP contribution is 2.05. The Kier molecular flexibility index (Phi) is 12.6. The molecule has 15 heavy (non-hydrogen) atoms. The van der Waals surface area contributed by atoms with E-state index in [2.05, 4.69) is 19.2 Å². The van der Waals surface area contributed by atoms with Gasteiger partial charge >= 0.3 is 0 Å². The number of methoxy groups -OCH3 is 1. The number of hydrogen-bond donors (Lipinski definition) is 1. The van der Waals surface area contributed by atoms with Gasteiger partial charge in [0, 0.05) is 13.7 Å². The van der Waals surface area contributed by atoms with Gasteiger partial charge in [-0.3, -0.25) is 0 Å². The van der Waals surface area contributed by atoms with Crippen molar-refractivity contribution in [3.05, 3.63) is 0 Å². The predicted octanol–water partition coefficient (Wildman–Crippen LogP) is 2.78. The Hall–Kier alpha value is 0.270. The van der Waals surface area contributed by atoms with Crippen molar-refractivity contribution < 1.29 is 4.74 Å². The third-order valence-corrected chi connectivity index (χ3v) is 3.24. The van der Waals surface area contributed by atoms with Gasteiger partial charge in [-0.05, 0) is 49.8 Å². The zero-order chi connectivity index (χ0) is 11.4. The summed E-state index contributed by atoms with van der Waals surface area (Å²) in [6, 6.07) is 0. The average molecular weight is 233 g/mol. The molecule has 0 bridgehead atoms. The minimum atomic E-state index is 0.772. The molecular formula is C12H27NOS. The standard InChI is InChI=1S/C12H27NOS/c1-12(2)11-13-7-4-5-9-15-10-6-8-14-3/h12-13H,4-11H2,1-3H3. The molecule has 0 aliphatic heterocycles. The molecule has 0 radical (unpaired) electrons. The molecule has 0 rings (SSSR count). The Morgan fingerprint density at radius 1 is 1.13 bits per heavy atom. The lowest BCUT2D eigenvalue weighted by Crippen LogP contribution is -2.20. The second-order valence-corrected chi connectivity index (χ2v) is 5.49. The van der Waals surface area contributed by atoms with E-state index in [9.17, 15) is 0 Å². The minimum absolute atomic E-state index is 0.772. The Balaban J connectivity index is 2.87. The van der Waals surface area contributed by atoms with Crippen molar-refractivity contribution in [3.63, 3.8) is 0 Å². The first-order valence-electron chi connectivity index (χ1n) is 6.04. The maximum Gasteiger partial charge on any atom is 0.0470 e. The van der Waals surface area contributed by atoms with E-state index in [1.54, 1.807) is 7.11 Å². The van der Waals surface area contributed by atoms with Crippen molar-refractivity contribution in [3.8, 4) is 0 Å². The first-order valence-corrected chi connectivity index (χ1v) is 7.20. The van der Waals surface area contributed by atoms with Gasteiger partial charge in [0.25, 0.3) is 0 Å². The molecule has 0 aliphatic carbocycles. The summed E-state index contributed by atoms with van der Waals surface area (Å²) in [5.41, 5.74) is 0. The van der Waals surface area contributed by atoms with Crippen molar-refractivity contribution >= 4 is 11.8 Å². The first-order chi connectivity index (χ1) is 7.27. The van der Waals surface area contributed by atoms with Gasteiger partial charge in [0.05, 0.1) is 0 Å². The lowest BCUT2D eigenvalue weighted by Gasteiger charge is -2.06. The van der Waals surface area contributed by atoms with Crippen LogP contribution in [0.1, 0.15) is 33.1 Å². The summed E-state index contributed by atoms with van der Waals surface area (Å²) in [5, 5.41) is 3.47. The SMILES string of the molecule is COCCCSCCCCNCC(C)C. The lowest BCUT2D eigenvalue weighted by atomic mass is 10.2. The Morgan fingerprint density at radius 3 is 2.53 bits per heavy atom. The molecule has 3 heteroatoms. The highest BCUT2D eigenvalue weighted by Gasteiger charge is 1.93. The zero-order valence-electron chi connectivity index (χ0n) is 10.6. The number of ether oxygens (including phenoxy) is 1. The van der Waals surface area contributed by atoms with Gasteiger partial charge in [0.2, 0.25) is 0 Å². The van der Waals surface area contributed by atoms with E-state index in [-0.39, 0.29) is 0 Å². The molecule has 0 atom stereocenters. The quantitative estimate of drug-likeness (QED) is 0.555. The van der Waals surface area contributed by atoms with E-state index in [0.717, 1.165) is 19.1 Å². The summed E-state index contributed by atoms with van der Waals surface area (Å²) in [5.74, 6) is 3.31. The van der Waals surface area contributed by atoms with Crippen LogP contribution in [0, 0.1) is 5.92 Å². The molecule has 0 heterocycles. The van der Waals surface area contributed by atoms with Gasteiger partial charge in [-0.2, -0.15) is 11.8 Å². The molecule has 0 aromatic rings. The molecule has 2 nitrogen and oxygen atoms in total. The van der Waals surface area contributed by atoms with E-state index in [1.807, 2.05) is 11.8 Å². The van der Waals surface area contributed by atoms with E-state index in [0.29, 0.717) is 0 Å². The normalized spacial score (nSPS) is 11.2. The van der Waals surface area contributed by atoms with Crippen LogP contribution in [-0.4, -0.2) is 38.3 Å². The molecule has 0 aromatic heterocycles. The largest absolute Gasteiger partial charge is 0.385 e. The number of hydrogen-bond acceptors (Lipinski definition) is 3. The zero-order valence-corrected chi connectivity index (χ0v) is 11.4. The summed E-state index contributed by atoms with van der Waals surface area (Å²) < 4.78 is 5.00. The maximum absolute atomic E-state index is 5.00. The summed E-state index contributed by atoms with van der Waals surface area (Å²) in [4.78, 5) is 0. The topological polar surface area (TPSA) is 21.3 Å². The van der Waals surface area contributed by atoms with Crippen molar-refractivity contribution in [2.24, 2.45) is 5.92 Å². The van der Waals surface area contributed by atoms with Crippen LogP contribution in [0.3, 0.4) is 0 Å². The van der Waals surface area contributed by atoms with Gasteiger partial charge < -0.3 is 10.1 Å². The summed E-state index contributed by atoms with van der Waals surface area (Å²) in [6.07, 6.45) is 3.83. The van der Waals surface area contributed by atoms with Crippen molar-refractivity contribution in [2.45, 2.75) is 33.1 Å². The highest BCUT2D eigenvalue weighted by molar-refractivity contribution is 7.99. The molecule has 0 aliphatic rings. The molecule has 92 valence electrons. The Labute approximate surface area is 99.5 Å². The molecule has 0 spiro atoms. The highest BCUT2D eigenvalue weighted by atomic mass is 32.2. The maximum atomic E-state index is 5.00. The molecule has 0 saturated heterocycles. The molecule has 0 amide bonds. The molecule has 0 unspecified atom stereocenters. The Bertz CT molecular complexity index is 120.